The van der Waals surface area contributed by atoms with Crippen LogP contribution < -0.4 is 10.0 Å². The molecule has 3 rings (SSSR count). The van der Waals surface area contributed by atoms with Gasteiger partial charge in [-0.25, -0.2) is 16.8 Å². The summed E-state index contributed by atoms with van der Waals surface area (Å²) in [6.07, 6.45) is -1.81. The van der Waals surface area contributed by atoms with Crippen molar-refractivity contribution in [3.63, 3.8) is 0 Å². The van der Waals surface area contributed by atoms with Gasteiger partial charge in [0.2, 0.25) is 0 Å². The second kappa shape index (κ2) is 11.5. The van der Waals surface area contributed by atoms with Crippen molar-refractivity contribution in [1.29, 1.82) is 0 Å². The third-order valence-corrected chi connectivity index (χ3v) is 10.5. The van der Waals surface area contributed by atoms with E-state index in [9.17, 15) is 43.2 Å². The lowest BCUT2D eigenvalue weighted by Gasteiger charge is -2.53. The number of rotatable bonds is 10. The van der Waals surface area contributed by atoms with Gasteiger partial charge in [-0.1, -0.05) is 71.9 Å². The van der Waals surface area contributed by atoms with Crippen molar-refractivity contribution in [2.45, 2.75) is 70.1 Å². The molecule has 0 radical (unpaired) electrons. The minimum atomic E-state index is -7.15. The van der Waals surface area contributed by atoms with Crippen LogP contribution in [-0.2, 0) is 20.0 Å². The highest BCUT2D eigenvalue weighted by Gasteiger charge is 2.70. The normalized spacial score (nSPS) is 16.3. The van der Waals surface area contributed by atoms with Gasteiger partial charge in [0.25, 0.3) is 0 Å². The number of halogens is 6. The highest BCUT2D eigenvalue weighted by Crippen LogP contribution is 2.50. The number of para-hydroxylation sites is 2. The number of alkyl halides is 6. The van der Waals surface area contributed by atoms with Crippen molar-refractivity contribution in [1.82, 2.24) is 8.83 Å². The van der Waals surface area contributed by atoms with Crippen LogP contribution in [0.5, 0.6) is 0 Å². The van der Waals surface area contributed by atoms with Gasteiger partial charge >= 0.3 is 31.1 Å². The SMILES string of the molecule is CCCC(CCC)(N1N(c2ccccc2)C(C)=C(C)N1c1ccccc1)N(S(=O)(=O)C(F)(F)F)S(=O)(=O)C(F)(F)F. The van der Waals surface area contributed by atoms with Crippen LogP contribution in [0.3, 0.4) is 0 Å². The Morgan fingerprint density at radius 2 is 0.951 bits per heavy atom. The molecule has 0 amide bonds. The van der Waals surface area contributed by atoms with Crippen LogP contribution in [0.2, 0.25) is 0 Å². The molecule has 2 aromatic carbocycles. The van der Waals surface area contributed by atoms with E-state index in [-0.39, 0.29) is 24.2 Å². The van der Waals surface area contributed by atoms with Crippen molar-refractivity contribution in [3.05, 3.63) is 72.1 Å². The lowest BCUT2D eigenvalue weighted by Crippen LogP contribution is -2.72. The number of nitrogens with zero attached hydrogens (tertiary/aromatic N) is 4. The molecular formula is C25H30F6N4O4S2. The molecule has 2 aromatic rings. The molecule has 8 nitrogen and oxygen atoms in total. The Morgan fingerprint density at radius 1 is 0.634 bits per heavy atom. The van der Waals surface area contributed by atoms with E-state index in [1.54, 1.807) is 50.2 Å². The van der Waals surface area contributed by atoms with Gasteiger partial charge in [0.1, 0.15) is 5.66 Å². The third-order valence-electron chi connectivity index (χ3n) is 6.57. The molecule has 0 atom stereocenters. The van der Waals surface area contributed by atoms with Crippen LogP contribution in [0.15, 0.2) is 72.1 Å². The standard InChI is InChI=1S/C25H30F6N4O4S2/c1-5-17-23(18-6-2,35(40(36,37)24(26,27)28)41(38,39)25(29,30)31)34-32(21-13-9-7-10-14-21)19(3)20(4)33(34)22-15-11-8-12-16-22/h7-16H,5-6,17-18H2,1-4H3. The Labute approximate surface area is 235 Å². The first-order chi connectivity index (χ1) is 18.9. The number of allylic oxidation sites excluding steroid dienone is 2. The second-order valence-electron chi connectivity index (χ2n) is 9.34. The lowest BCUT2D eigenvalue weighted by molar-refractivity contribution is -0.0706. The minimum Gasteiger partial charge on any atom is -0.257 e. The maximum absolute atomic E-state index is 14.2. The highest BCUT2D eigenvalue weighted by atomic mass is 32.3. The van der Waals surface area contributed by atoms with Gasteiger partial charge < -0.3 is 0 Å². The van der Waals surface area contributed by atoms with Gasteiger partial charge in [0.05, 0.1) is 22.8 Å². The molecule has 1 aliphatic heterocycles. The smallest absolute Gasteiger partial charge is 0.257 e. The van der Waals surface area contributed by atoms with E-state index in [0.717, 1.165) is 5.12 Å². The molecule has 0 saturated carbocycles. The number of sulfonamides is 2. The molecule has 41 heavy (non-hydrogen) atoms. The van der Waals surface area contributed by atoms with Crippen molar-refractivity contribution in [2.24, 2.45) is 0 Å². The summed E-state index contributed by atoms with van der Waals surface area (Å²) in [6.45, 7) is 5.90. The molecule has 0 unspecified atom stereocenters. The van der Waals surface area contributed by atoms with E-state index in [1.165, 1.54) is 48.1 Å². The molecule has 1 heterocycles. The average molecular weight is 629 g/mol. The quantitative estimate of drug-likeness (QED) is 0.271. The first-order valence-electron chi connectivity index (χ1n) is 12.5. The molecule has 16 heteroatoms. The molecule has 1 aliphatic rings. The summed E-state index contributed by atoms with van der Waals surface area (Å²) in [5.74, 6) is 0. The summed E-state index contributed by atoms with van der Waals surface area (Å²) < 4.78 is 136. The van der Waals surface area contributed by atoms with Crippen molar-refractivity contribution in [3.8, 4) is 0 Å². The molecule has 0 bridgehead atoms. The van der Waals surface area contributed by atoms with Crippen molar-refractivity contribution < 1.29 is 43.2 Å². The zero-order valence-electron chi connectivity index (χ0n) is 22.6. The molecule has 0 spiro atoms. The van der Waals surface area contributed by atoms with Crippen LogP contribution in [-0.4, -0.2) is 42.3 Å². The zero-order valence-corrected chi connectivity index (χ0v) is 24.2. The number of hydrazine groups is 2. The third kappa shape index (κ3) is 5.53. The van der Waals surface area contributed by atoms with Gasteiger partial charge in [-0.05, 0) is 51.0 Å². The number of hydrogen-bond acceptors (Lipinski definition) is 7. The Hall–Kier alpha value is -2.82. The molecule has 0 aliphatic carbocycles. The van der Waals surface area contributed by atoms with Crippen LogP contribution in [0.25, 0.3) is 0 Å². The van der Waals surface area contributed by atoms with E-state index in [4.69, 9.17) is 0 Å². The van der Waals surface area contributed by atoms with Gasteiger partial charge in [-0.3, -0.25) is 10.0 Å². The maximum Gasteiger partial charge on any atom is 0.512 e. The lowest BCUT2D eigenvalue weighted by atomic mass is 9.99. The maximum atomic E-state index is 14.2. The van der Waals surface area contributed by atoms with Crippen LogP contribution >= 0.6 is 0 Å². The Kier molecular flexibility index (Phi) is 9.13. The van der Waals surface area contributed by atoms with E-state index >= 15 is 0 Å². The topological polar surface area (TPSA) is 81.2 Å². The molecule has 0 fully saturated rings. The van der Waals surface area contributed by atoms with E-state index in [0.29, 0.717) is 11.4 Å². The summed E-state index contributed by atoms with van der Waals surface area (Å²) in [7, 11) is -14.3. The first kappa shape index (κ1) is 32.7. The largest absolute Gasteiger partial charge is 0.512 e. The van der Waals surface area contributed by atoms with Crippen LogP contribution in [0, 0.1) is 0 Å². The molecule has 0 saturated heterocycles. The van der Waals surface area contributed by atoms with Crippen molar-refractivity contribution in [2.75, 3.05) is 10.0 Å². The van der Waals surface area contributed by atoms with E-state index < -0.39 is 53.3 Å². The van der Waals surface area contributed by atoms with Gasteiger partial charge in [-0.15, -0.1) is 0 Å². The average Bonchev–Trinajstić information content (AvgIpc) is 3.14. The monoisotopic (exact) mass is 628 g/mol. The second-order valence-corrected chi connectivity index (χ2v) is 13.1. The van der Waals surface area contributed by atoms with E-state index in [1.807, 2.05) is 0 Å². The zero-order chi connectivity index (χ0) is 31.0. The minimum absolute atomic E-state index is 0.183. The molecule has 0 aromatic heterocycles. The van der Waals surface area contributed by atoms with Gasteiger partial charge in [0.15, 0.2) is 0 Å². The summed E-state index contributed by atoms with van der Waals surface area (Å²) in [6, 6.07) is 15.6. The predicted octanol–water partition coefficient (Wildman–Crippen LogP) is 6.69. The number of hydrogen-bond donors (Lipinski definition) is 0. The molecule has 0 N–H and O–H groups in total. The fraction of sp³-hybridized carbons (Fsp3) is 0.440. The molecule has 228 valence electrons. The number of benzene rings is 2. The molecular weight excluding hydrogens is 598 g/mol. The first-order valence-corrected chi connectivity index (χ1v) is 15.4. The number of anilines is 2. The van der Waals surface area contributed by atoms with E-state index in [2.05, 4.69) is 0 Å². The summed E-state index contributed by atoms with van der Waals surface area (Å²) in [5.41, 5.74) is -14.6. The van der Waals surface area contributed by atoms with Crippen LogP contribution in [0.1, 0.15) is 53.4 Å². The van der Waals surface area contributed by atoms with Gasteiger partial charge in [-0.2, -0.15) is 26.3 Å². The fourth-order valence-corrected chi connectivity index (χ4v) is 8.27. The van der Waals surface area contributed by atoms with Gasteiger partial charge in [0, 0.05) is 0 Å². The summed E-state index contributed by atoms with van der Waals surface area (Å²) in [5, 5.41) is 3.40. The fourth-order valence-electron chi connectivity index (χ4n) is 4.94. The highest BCUT2D eigenvalue weighted by molar-refractivity contribution is 8.04. The Morgan fingerprint density at radius 3 is 1.22 bits per heavy atom. The van der Waals surface area contributed by atoms with Crippen molar-refractivity contribution >= 4 is 31.4 Å². The predicted molar refractivity (Wildman–Crippen MR) is 142 cm³/mol. The Bertz CT molecular complexity index is 1360. The summed E-state index contributed by atoms with van der Waals surface area (Å²) in [4.78, 5) is 0. The van der Waals surface area contributed by atoms with Crippen LogP contribution in [0.4, 0.5) is 37.7 Å². The summed E-state index contributed by atoms with van der Waals surface area (Å²) >= 11 is 0. The Balaban J connectivity index is 2.59.